The summed E-state index contributed by atoms with van der Waals surface area (Å²) >= 11 is 0. The molecule has 150 valence electrons. The van der Waals surface area contributed by atoms with E-state index in [0.29, 0.717) is 5.71 Å². The lowest BCUT2D eigenvalue weighted by atomic mass is 10.0. The third-order valence-electron chi connectivity index (χ3n) is 5.99. The van der Waals surface area contributed by atoms with Crippen molar-refractivity contribution >= 4 is 57.0 Å². The fraction of sp³-hybridized carbons (Fsp3) is 0.115. The van der Waals surface area contributed by atoms with E-state index in [-0.39, 0.29) is 0 Å². The van der Waals surface area contributed by atoms with Crippen LogP contribution in [0.3, 0.4) is 0 Å². The summed E-state index contributed by atoms with van der Waals surface area (Å²) in [6.07, 6.45) is 3.44. The van der Waals surface area contributed by atoms with Crippen LogP contribution < -0.4 is 5.19 Å². The molecule has 0 atom stereocenters. The van der Waals surface area contributed by atoms with Crippen molar-refractivity contribution in [3.8, 4) is 11.3 Å². The molecule has 6 aromatic rings. The molecule has 3 aromatic carbocycles. The van der Waals surface area contributed by atoms with E-state index in [0.717, 1.165) is 38.5 Å². The number of nitrogens with zero attached hydrogens (tertiary/aromatic N) is 3. The second-order valence-corrected chi connectivity index (χ2v) is 14.0. The molecule has 0 aliphatic rings. The first-order valence-electron chi connectivity index (χ1n) is 10.5. The first-order chi connectivity index (χ1) is 15.0. The number of fused-ring (bicyclic) bond motifs is 6. The van der Waals surface area contributed by atoms with Gasteiger partial charge in [0, 0.05) is 33.3 Å². The normalized spacial score (nSPS) is 12.4. The molecular weight excluding hydrogens is 398 g/mol. The largest absolute Gasteiger partial charge is 0.437 e. The molecule has 0 radical (unpaired) electrons. The molecule has 4 nitrogen and oxygen atoms in total. The van der Waals surface area contributed by atoms with Crippen molar-refractivity contribution < 1.29 is 4.42 Å². The standard InChI is InChI=1S/C26H21N3OSi/c1-31(2,3)21-11-4-7-16-12-13-19-23(28-15-29-24(19)22(16)21)20-9-5-8-17-18-10-6-14-27-26(18)30-25(17)20/h4-15H,1-3H3. The molecule has 0 N–H and O–H groups in total. The SMILES string of the molecule is C[Si](C)(C)c1cccc2ccc3c(-c4cccc5c4oc4ncccc45)ncnc3c12. The van der Waals surface area contributed by atoms with Crippen molar-refractivity contribution in [1.29, 1.82) is 0 Å². The molecule has 3 aromatic heterocycles. The van der Waals surface area contributed by atoms with Crippen LogP contribution in [-0.2, 0) is 0 Å². The van der Waals surface area contributed by atoms with Crippen molar-refractivity contribution in [3.63, 3.8) is 0 Å². The minimum absolute atomic E-state index is 0.648. The molecule has 0 saturated heterocycles. The Morgan fingerprint density at radius 3 is 2.45 bits per heavy atom. The third kappa shape index (κ3) is 2.70. The molecule has 0 aliphatic heterocycles. The summed E-state index contributed by atoms with van der Waals surface area (Å²) < 4.78 is 6.19. The van der Waals surface area contributed by atoms with Gasteiger partial charge in [-0.1, -0.05) is 61.2 Å². The Kier molecular flexibility index (Phi) is 3.80. The first kappa shape index (κ1) is 18.2. The number of para-hydroxylation sites is 1. The number of pyridine rings is 1. The number of aromatic nitrogens is 3. The van der Waals surface area contributed by atoms with Gasteiger partial charge >= 0.3 is 0 Å². The second kappa shape index (κ2) is 6.46. The summed E-state index contributed by atoms with van der Waals surface area (Å²) in [5, 5.41) is 7.01. The predicted molar refractivity (Wildman–Crippen MR) is 131 cm³/mol. The van der Waals surface area contributed by atoms with Gasteiger partial charge in [0.25, 0.3) is 0 Å². The Balaban J connectivity index is 1.73. The summed E-state index contributed by atoms with van der Waals surface area (Å²) in [6.45, 7) is 7.14. The lowest BCUT2D eigenvalue weighted by Gasteiger charge is -2.20. The topological polar surface area (TPSA) is 51.8 Å². The number of benzene rings is 3. The van der Waals surface area contributed by atoms with Gasteiger partial charge in [-0.05, 0) is 29.7 Å². The van der Waals surface area contributed by atoms with Crippen molar-refractivity contribution in [1.82, 2.24) is 15.0 Å². The fourth-order valence-electron chi connectivity index (χ4n) is 4.56. The lowest BCUT2D eigenvalue weighted by Crippen LogP contribution is -2.38. The van der Waals surface area contributed by atoms with E-state index in [4.69, 9.17) is 14.4 Å². The van der Waals surface area contributed by atoms with Crippen LogP contribution in [0.4, 0.5) is 0 Å². The van der Waals surface area contributed by atoms with Gasteiger partial charge in [0.15, 0.2) is 0 Å². The highest BCUT2D eigenvalue weighted by Gasteiger charge is 2.22. The number of furan rings is 1. The number of hydrogen-bond acceptors (Lipinski definition) is 4. The van der Waals surface area contributed by atoms with Crippen molar-refractivity contribution in [3.05, 3.63) is 73.2 Å². The summed E-state index contributed by atoms with van der Waals surface area (Å²) in [7, 11) is -1.56. The molecule has 0 amide bonds. The van der Waals surface area contributed by atoms with Crippen LogP contribution in [0.5, 0.6) is 0 Å². The van der Waals surface area contributed by atoms with E-state index in [1.165, 1.54) is 16.0 Å². The van der Waals surface area contributed by atoms with Crippen LogP contribution in [0.2, 0.25) is 19.6 Å². The van der Waals surface area contributed by atoms with E-state index in [1.807, 2.05) is 12.1 Å². The summed E-state index contributed by atoms with van der Waals surface area (Å²) in [5.41, 5.74) is 4.32. The van der Waals surface area contributed by atoms with Crippen LogP contribution in [0, 0.1) is 0 Å². The van der Waals surface area contributed by atoms with Gasteiger partial charge in [-0.2, -0.15) is 0 Å². The van der Waals surface area contributed by atoms with E-state index in [9.17, 15) is 0 Å². The second-order valence-electron chi connectivity index (χ2n) is 8.98. The van der Waals surface area contributed by atoms with Gasteiger partial charge in [0.05, 0.1) is 19.3 Å². The Bertz CT molecular complexity index is 1630. The molecule has 0 bridgehead atoms. The zero-order valence-corrected chi connectivity index (χ0v) is 18.7. The molecule has 0 saturated carbocycles. The van der Waals surface area contributed by atoms with E-state index >= 15 is 0 Å². The van der Waals surface area contributed by atoms with Gasteiger partial charge in [-0.3, -0.25) is 0 Å². The van der Waals surface area contributed by atoms with Gasteiger partial charge in [0.2, 0.25) is 5.71 Å². The highest BCUT2D eigenvalue weighted by Crippen LogP contribution is 2.37. The van der Waals surface area contributed by atoms with Gasteiger partial charge < -0.3 is 4.42 Å². The molecule has 0 fully saturated rings. The monoisotopic (exact) mass is 419 g/mol. The first-order valence-corrected chi connectivity index (χ1v) is 14.0. The Morgan fingerprint density at radius 2 is 1.58 bits per heavy atom. The van der Waals surface area contributed by atoms with Crippen molar-refractivity contribution in [2.75, 3.05) is 0 Å². The molecule has 3 heterocycles. The van der Waals surface area contributed by atoms with Crippen LogP contribution in [0.25, 0.3) is 55.0 Å². The minimum atomic E-state index is -1.56. The lowest BCUT2D eigenvalue weighted by molar-refractivity contribution is 0.655. The quantitative estimate of drug-likeness (QED) is 0.244. The number of hydrogen-bond donors (Lipinski definition) is 0. The summed E-state index contributed by atoms with van der Waals surface area (Å²) in [4.78, 5) is 13.9. The minimum Gasteiger partial charge on any atom is -0.437 e. The average molecular weight is 420 g/mol. The van der Waals surface area contributed by atoms with E-state index in [1.54, 1.807) is 12.5 Å². The van der Waals surface area contributed by atoms with Gasteiger partial charge in [0.1, 0.15) is 11.9 Å². The highest BCUT2D eigenvalue weighted by atomic mass is 28.3. The average Bonchev–Trinajstić information content (AvgIpc) is 3.16. The molecular formula is C26H21N3OSi. The number of rotatable bonds is 2. The molecule has 0 aliphatic carbocycles. The molecule has 6 rings (SSSR count). The highest BCUT2D eigenvalue weighted by molar-refractivity contribution is 6.90. The van der Waals surface area contributed by atoms with Crippen molar-refractivity contribution in [2.24, 2.45) is 0 Å². The van der Waals surface area contributed by atoms with Crippen LogP contribution in [0.1, 0.15) is 0 Å². The molecule has 0 unspecified atom stereocenters. The zero-order valence-electron chi connectivity index (χ0n) is 17.7. The molecule has 0 spiro atoms. The van der Waals surface area contributed by atoms with Crippen molar-refractivity contribution in [2.45, 2.75) is 19.6 Å². The van der Waals surface area contributed by atoms with Gasteiger partial charge in [-0.25, -0.2) is 15.0 Å². The maximum Gasteiger partial charge on any atom is 0.227 e. The summed E-state index contributed by atoms with van der Waals surface area (Å²) in [6, 6.07) is 21.1. The van der Waals surface area contributed by atoms with Gasteiger partial charge in [-0.15, -0.1) is 0 Å². The summed E-state index contributed by atoms with van der Waals surface area (Å²) in [5.74, 6) is 0. The van der Waals surface area contributed by atoms with Crippen LogP contribution >= 0.6 is 0 Å². The van der Waals surface area contributed by atoms with E-state index < -0.39 is 8.07 Å². The smallest absolute Gasteiger partial charge is 0.227 e. The van der Waals surface area contributed by atoms with Crippen LogP contribution in [0.15, 0.2) is 77.6 Å². The fourth-order valence-corrected chi connectivity index (χ4v) is 6.17. The maximum absolute atomic E-state index is 6.19. The predicted octanol–water partition coefficient (Wildman–Crippen LogP) is 6.29. The maximum atomic E-state index is 6.19. The molecule has 5 heteroatoms. The zero-order chi connectivity index (χ0) is 21.2. The Hall–Kier alpha value is -3.57. The van der Waals surface area contributed by atoms with Crippen LogP contribution in [-0.4, -0.2) is 23.0 Å². The third-order valence-corrected chi connectivity index (χ3v) is 8.02. The van der Waals surface area contributed by atoms with E-state index in [2.05, 4.69) is 73.2 Å². The Morgan fingerprint density at radius 1 is 0.742 bits per heavy atom. The molecule has 31 heavy (non-hydrogen) atoms. The Labute approximate surface area is 180 Å².